The maximum Gasteiger partial charge on any atom is 0.170 e. The van der Waals surface area contributed by atoms with Gasteiger partial charge in [0.2, 0.25) is 0 Å². The van der Waals surface area contributed by atoms with Gasteiger partial charge < -0.3 is 15.7 Å². The maximum atomic E-state index is 8.47. The van der Waals surface area contributed by atoms with E-state index < -0.39 is 0 Å². The Balaban J connectivity index is 2.56. The first kappa shape index (κ1) is 11.5. The molecule has 0 amide bonds. The summed E-state index contributed by atoms with van der Waals surface area (Å²) in [5.74, 6) is 0.121. The van der Waals surface area contributed by atoms with Crippen molar-refractivity contribution in [2.75, 3.05) is 6.61 Å². The normalized spacial score (nSPS) is 11.7. The van der Waals surface area contributed by atoms with Crippen LogP contribution in [0.1, 0.15) is 24.5 Å². The van der Waals surface area contributed by atoms with Crippen molar-refractivity contribution in [3.05, 3.63) is 35.4 Å². The fraction of sp³-hybridized carbons (Fsp3) is 0.364. The van der Waals surface area contributed by atoms with E-state index in [1.165, 1.54) is 0 Å². The van der Waals surface area contributed by atoms with Crippen LogP contribution >= 0.6 is 0 Å². The maximum absolute atomic E-state index is 8.47. The van der Waals surface area contributed by atoms with Crippen molar-refractivity contribution in [1.82, 2.24) is 0 Å². The van der Waals surface area contributed by atoms with E-state index in [0.717, 1.165) is 18.6 Å². The first-order valence-corrected chi connectivity index (χ1v) is 4.92. The van der Waals surface area contributed by atoms with Gasteiger partial charge in [-0.2, -0.15) is 0 Å². The van der Waals surface area contributed by atoms with Crippen LogP contribution in [0.5, 0.6) is 0 Å². The molecule has 0 spiro atoms. The highest BCUT2D eigenvalue weighted by Gasteiger charge is 1.98. The van der Waals surface area contributed by atoms with Crippen molar-refractivity contribution in [2.45, 2.75) is 20.0 Å². The zero-order valence-electron chi connectivity index (χ0n) is 8.81. The first-order chi connectivity index (χ1) is 7.27. The molecule has 1 aromatic carbocycles. The van der Waals surface area contributed by atoms with Crippen molar-refractivity contribution in [1.29, 1.82) is 0 Å². The molecular formula is C11H16N2O2. The number of benzene rings is 1. The van der Waals surface area contributed by atoms with Crippen molar-refractivity contribution in [2.24, 2.45) is 10.9 Å². The van der Waals surface area contributed by atoms with Crippen LogP contribution in [-0.2, 0) is 11.3 Å². The summed E-state index contributed by atoms with van der Waals surface area (Å²) in [4.78, 5) is 0. The average molecular weight is 208 g/mol. The highest BCUT2D eigenvalue weighted by atomic mass is 16.5. The second-order valence-electron chi connectivity index (χ2n) is 3.23. The summed E-state index contributed by atoms with van der Waals surface area (Å²) in [6.45, 7) is 3.44. The van der Waals surface area contributed by atoms with Gasteiger partial charge >= 0.3 is 0 Å². The molecule has 0 aliphatic heterocycles. The third-order valence-electron chi connectivity index (χ3n) is 1.97. The van der Waals surface area contributed by atoms with Gasteiger partial charge in [0.05, 0.1) is 6.61 Å². The molecule has 0 aliphatic carbocycles. The number of hydrogen-bond acceptors (Lipinski definition) is 3. The molecule has 1 rings (SSSR count). The molecule has 0 unspecified atom stereocenters. The summed E-state index contributed by atoms with van der Waals surface area (Å²) in [6, 6.07) is 7.42. The van der Waals surface area contributed by atoms with Crippen LogP contribution in [0.15, 0.2) is 29.4 Å². The smallest absolute Gasteiger partial charge is 0.170 e. The lowest BCUT2D eigenvalue weighted by Crippen LogP contribution is -2.12. The molecule has 4 heteroatoms. The number of amidine groups is 1. The molecule has 0 saturated carbocycles. The summed E-state index contributed by atoms with van der Waals surface area (Å²) in [5.41, 5.74) is 7.22. The van der Waals surface area contributed by atoms with Crippen LogP contribution in [0.2, 0.25) is 0 Å². The Hall–Kier alpha value is -1.55. The molecule has 0 saturated heterocycles. The van der Waals surface area contributed by atoms with Gasteiger partial charge in [0.25, 0.3) is 0 Å². The molecule has 15 heavy (non-hydrogen) atoms. The molecule has 4 nitrogen and oxygen atoms in total. The van der Waals surface area contributed by atoms with Gasteiger partial charge in [-0.3, -0.25) is 0 Å². The predicted octanol–water partition coefficient (Wildman–Crippen LogP) is 1.71. The molecular weight excluding hydrogens is 192 g/mol. The minimum atomic E-state index is 0.121. The molecule has 0 aromatic heterocycles. The van der Waals surface area contributed by atoms with Crippen LogP contribution in [0.25, 0.3) is 0 Å². The predicted molar refractivity (Wildman–Crippen MR) is 58.9 cm³/mol. The van der Waals surface area contributed by atoms with Crippen LogP contribution in [0, 0.1) is 0 Å². The number of nitrogens with zero attached hydrogens (tertiary/aromatic N) is 1. The van der Waals surface area contributed by atoms with Crippen molar-refractivity contribution in [3.8, 4) is 0 Å². The monoisotopic (exact) mass is 208 g/mol. The van der Waals surface area contributed by atoms with Crippen molar-refractivity contribution in [3.63, 3.8) is 0 Å². The van der Waals surface area contributed by atoms with Crippen LogP contribution in [-0.4, -0.2) is 17.6 Å². The summed E-state index contributed by atoms with van der Waals surface area (Å²) in [6.07, 6.45) is 1.02. The zero-order chi connectivity index (χ0) is 11.1. The van der Waals surface area contributed by atoms with E-state index in [0.29, 0.717) is 12.2 Å². The van der Waals surface area contributed by atoms with Crippen LogP contribution in [0.3, 0.4) is 0 Å². The Labute approximate surface area is 89.4 Å². The Morgan fingerprint density at radius 2 is 2.07 bits per heavy atom. The lowest BCUT2D eigenvalue weighted by Gasteiger charge is -2.03. The van der Waals surface area contributed by atoms with E-state index in [2.05, 4.69) is 12.1 Å². The third-order valence-corrected chi connectivity index (χ3v) is 1.97. The van der Waals surface area contributed by atoms with Gasteiger partial charge in [0.15, 0.2) is 5.84 Å². The minimum absolute atomic E-state index is 0.121. The zero-order valence-corrected chi connectivity index (χ0v) is 8.81. The van der Waals surface area contributed by atoms with E-state index in [4.69, 9.17) is 15.7 Å². The summed E-state index contributed by atoms with van der Waals surface area (Å²) in [7, 11) is 0. The first-order valence-electron chi connectivity index (χ1n) is 4.92. The minimum Gasteiger partial charge on any atom is -0.409 e. The Morgan fingerprint density at radius 1 is 1.40 bits per heavy atom. The molecule has 82 valence electrons. The number of oxime groups is 1. The van der Waals surface area contributed by atoms with Crippen molar-refractivity contribution >= 4 is 5.84 Å². The van der Waals surface area contributed by atoms with E-state index in [9.17, 15) is 0 Å². The van der Waals surface area contributed by atoms with Crippen LogP contribution in [0.4, 0.5) is 0 Å². The number of hydrogen-bond donors (Lipinski definition) is 2. The number of nitrogens with two attached hydrogens (primary N) is 1. The lowest BCUT2D eigenvalue weighted by atomic mass is 10.1. The number of rotatable bonds is 5. The third kappa shape index (κ3) is 3.59. The van der Waals surface area contributed by atoms with Crippen molar-refractivity contribution < 1.29 is 9.94 Å². The lowest BCUT2D eigenvalue weighted by molar-refractivity contribution is 0.121. The van der Waals surface area contributed by atoms with Gasteiger partial charge in [0, 0.05) is 12.2 Å². The molecule has 0 radical (unpaired) electrons. The largest absolute Gasteiger partial charge is 0.409 e. The van der Waals surface area contributed by atoms with E-state index in [1.54, 1.807) is 12.1 Å². The molecule has 3 N–H and O–H groups in total. The Kier molecular flexibility index (Phi) is 4.63. The molecule has 0 atom stereocenters. The summed E-state index contributed by atoms with van der Waals surface area (Å²) < 4.78 is 5.38. The highest BCUT2D eigenvalue weighted by molar-refractivity contribution is 5.96. The van der Waals surface area contributed by atoms with E-state index in [-0.39, 0.29) is 5.84 Å². The van der Waals surface area contributed by atoms with Gasteiger partial charge in [-0.05, 0) is 12.0 Å². The van der Waals surface area contributed by atoms with E-state index in [1.807, 2.05) is 12.1 Å². The molecule has 0 heterocycles. The topological polar surface area (TPSA) is 67.8 Å². The fourth-order valence-electron chi connectivity index (χ4n) is 1.16. The Morgan fingerprint density at radius 3 is 2.60 bits per heavy atom. The second-order valence-corrected chi connectivity index (χ2v) is 3.23. The SMILES string of the molecule is CCCOCc1ccc(/C(N)=N/O)cc1. The summed E-state index contributed by atoms with van der Waals surface area (Å²) in [5, 5.41) is 11.4. The second kappa shape index (κ2) is 6.03. The summed E-state index contributed by atoms with van der Waals surface area (Å²) >= 11 is 0. The highest BCUT2D eigenvalue weighted by Crippen LogP contribution is 2.05. The Bertz CT molecular complexity index is 320. The number of ether oxygens (including phenoxy) is 1. The van der Waals surface area contributed by atoms with Gasteiger partial charge in [-0.15, -0.1) is 0 Å². The molecule has 0 bridgehead atoms. The quantitative estimate of drug-likeness (QED) is 0.254. The molecule has 0 aliphatic rings. The average Bonchev–Trinajstić information content (AvgIpc) is 2.29. The standard InChI is InChI=1S/C11H16N2O2/c1-2-7-15-8-9-3-5-10(6-4-9)11(12)13-14/h3-6,14H,2,7-8H2,1H3,(H2,12,13). The van der Waals surface area contributed by atoms with Gasteiger partial charge in [-0.1, -0.05) is 36.3 Å². The van der Waals surface area contributed by atoms with Gasteiger partial charge in [-0.25, -0.2) is 0 Å². The van der Waals surface area contributed by atoms with Gasteiger partial charge in [0.1, 0.15) is 0 Å². The fourth-order valence-corrected chi connectivity index (χ4v) is 1.16. The van der Waals surface area contributed by atoms with Crippen LogP contribution < -0.4 is 5.73 Å². The molecule has 0 fully saturated rings. The van der Waals surface area contributed by atoms with E-state index >= 15 is 0 Å². The molecule has 1 aromatic rings.